The molecular weight excluding hydrogens is 269 g/mol. The monoisotopic (exact) mass is 289 g/mol. The van der Waals surface area contributed by atoms with Crippen molar-refractivity contribution in [3.05, 3.63) is 54.0 Å². The lowest BCUT2D eigenvalue weighted by atomic mass is 10.2. The van der Waals surface area contributed by atoms with Crippen LogP contribution in [0.15, 0.2) is 42.5 Å². The van der Waals surface area contributed by atoms with Crippen molar-refractivity contribution in [1.29, 1.82) is 0 Å². The molecule has 112 valence electrons. The third-order valence-corrected chi connectivity index (χ3v) is 3.15. The number of ether oxygens (including phenoxy) is 1. The van der Waals surface area contributed by atoms with Crippen LogP contribution in [0, 0.1) is 5.82 Å². The van der Waals surface area contributed by atoms with Gasteiger partial charge in [0.25, 0.3) is 0 Å². The molecule has 0 radical (unpaired) electrons. The highest BCUT2D eigenvalue weighted by Gasteiger charge is 2.09. The van der Waals surface area contributed by atoms with E-state index in [-0.39, 0.29) is 5.82 Å². The Morgan fingerprint density at radius 3 is 2.76 bits per heavy atom. The average Bonchev–Trinajstić information content (AvgIpc) is 2.51. The highest BCUT2D eigenvalue weighted by Crippen LogP contribution is 2.19. The fourth-order valence-electron chi connectivity index (χ4n) is 2.11. The van der Waals surface area contributed by atoms with Gasteiger partial charge in [-0.2, -0.15) is 0 Å². The summed E-state index contributed by atoms with van der Waals surface area (Å²) in [4.78, 5) is 6.47. The molecule has 4 nitrogen and oxygen atoms in total. The second-order valence-electron chi connectivity index (χ2n) is 4.71. The molecule has 21 heavy (non-hydrogen) atoms. The van der Waals surface area contributed by atoms with Crippen LogP contribution in [0.25, 0.3) is 0 Å². The number of anilines is 1. The largest absolute Gasteiger partial charge is 0.481 e. The fraction of sp³-hybridized carbons (Fsp3) is 0.312. The number of hydrogen-bond acceptors (Lipinski definition) is 4. The number of benzene rings is 1. The summed E-state index contributed by atoms with van der Waals surface area (Å²) in [5.74, 6) is 0.328. The van der Waals surface area contributed by atoms with Gasteiger partial charge in [0.1, 0.15) is 5.82 Å². The topological polar surface area (TPSA) is 51.4 Å². The Kier molecular flexibility index (Phi) is 5.51. The van der Waals surface area contributed by atoms with Crippen molar-refractivity contribution in [3.63, 3.8) is 0 Å². The van der Waals surface area contributed by atoms with Gasteiger partial charge in [-0.15, -0.1) is 0 Å². The van der Waals surface area contributed by atoms with Gasteiger partial charge in [-0.3, -0.25) is 0 Å². The van der Waals surface area contributed by atoms with Crippen LogP contribution in [0.4, 0.5) is 10.1 Å². The van der Waals surface area contributed by atoms with Crippen molar-refractivity contribution < 1.29 is 9.13 Å². The third kappa shape index (κ3) is 4.43. The van der Waals surface area contributed by atoms with E-state index in [9.17, 15) is 4.39 Å². The molecule has 1 aromatic carbocycles. The van der Waals surface area contributed by atoms with E-state index in [1.54, 1.807) is 19.2 Å². The number of hydrogen-bond donors (Lipinski definition) is 1. The van der Waals surface area contributed by atoms with Gasteiger partial charge in [0.05, 0.1) is 19.3 Å². The van der Waals surface area contributed by atoms with Crippen molar-refractivity contribution in [1.82, 2.24) is 4.98 Å². The van der Waals surface area contributed by atoms with Gasteiger partial charge in [0, 0.05) is 18.3 Å². The van der Waals surface area contributed by atoms with Crippen LogP contribution in [0.3, 0.4) is 0 Å². The summed E-state index contributed by atoms with van der Waals surface area (Å²) in [7, 11) is 1.59. The van der Waals surface area contributed by atoms with Gasteiger partial charge >= 0.3 is 0 Å². The van der Waals surface area contributed by atoms with Crippen LogP contribution in [0.1, 0.15) is 12.1 Å². The Morgan fingerprint density at radius 2 is 2.05 bits per heavy atom. The molecule has 0 saturated heterocycles. The maximum Gasteiger partial charge on any atom is 0.213 e. The standard InChI is InChI=1S/C16H20FN3O/c1-21-16-8-3-6-14(19-16)12-20(10-4-9-18)15-7-2-5-13(17)11-15/h2-3,5-8,11H,4,9-10,12,18H2,1H3. The van der Waals surface area contributed by atoms with E-state index in [1.165, 1.54) is 12.1 Å². The number of rotatable bonds is 7. The van der Waals surface area contributed by atoms with E-state index in [0.29, 0.717) is 19.0 Å². The summed E-state index contributed by atoms with van der Waals surface area (Å²) in [5, 5.41) is 0. The van der Waals surface area contributed by atoms with E-state index >= 15 is 0 Å². The highest BCUT2D eigenvalue weighted by molar-refractivity contribution is 5.46. The first-order chi connectivity index (χ1) is 10.2. The lowest BCUT2D eigenvalue weighted by molar-refractivity contribution is 0.396. The molecule has 5 heteroatoms. The molecule has 2 rings (SSSR count). The van der Waals surface area contributed by atoms with Gasteiger partial charge in [0.15, 0.2) is 0 Å². The number of halogens is 1. The third-order valence-electron chi connectivity index (χ3n) is 3.15. The zero-order valence-corrected chi connectivity index (χ0v) is 12.1. The van der Waals surface area contributed by atoms with Gasteiger partial charge < -0.3 is 15.4 Å². The molecule has 0 aliphatic carbocycles. The predicted molar refractivity (Wildman–Crippen MR) is 81.9 cm³/mol. The van der Waals surface area contributed by atoms with E-state index < -0.39 is 0 Å². The first-order valence-corrected chi connectivity index (χ1v) is 6.93. The van der Waals surface area contributed by atoms with Crippen LogP contribution in [-0.2, 0) is 6.54 Å². The molecule has 0 fully saturated rings. The molecule has 0 aliphatic heterocycles. The van der Waals surface area contributed by atoms with Crippen molar-refractivity contribution in [2.75, 3.05) is 25.1 Å². The number of methoxy groups -OCH3 is 1. The van der Waals surface area contributed by atoms with E-state index in [4.69, 9.17) is 10.5 Å². The van der Waals surface area contributed by atoms with Crippen LogP contribution in [0.5, 0.6) is 5.88 Å². The molecule has 0 bridgehead atoms. The van der Waals surface area contributed by atoms with E-state index in [1.807, 2.05) is 18.2 Å². The number of pyridine rings is 1. The summed E-state index contributed by atoms with van der Waals surface area (Å²) >= 11 is 0. The van der Waals surface area contributed by atoms with Gasteiger partial charge in [0.2, 0.25) is 5.88 Å². The number of nitrogens with zero attached hydrogens (tertiary/aromatic N) is 2. The van der Waals surface area contributed by atoms with Crippen LogP contribution in [-0.4, -0.2) is 25.2 Å². The molecule has 0 spiro atoms. The van der Waals surface area contributed by atoms with Crippen molar-refractivity contribution in [2.45, 2.75) is 13.0 Å². The molecule has 0 aliphatic rings. The minimum absolute atomic E-state index is 0.246. The minimum atomic E-state index is -0.246. The van der Waals surface area contributed by atoms with Gasteiger partial charge in [-0.05, 0) is 37.2 Å². The molecular formula is C16H20FN3O. The molecule has 2 aromatic rings. The zero-order chi connectivity index (χ0) is 15.1. The van der Waals surface area contributed by atoms with Crippen LogP contribution >= 0.6 is 0 Å². The summed E-state index contributed by atoms with van der Waals surface area (Å²) in [6.07, 6.45) is 0.834. The Labute approximate surface area is 124 Å². The van der Waals surface area contributed by atoms with Gasteiger partial charge in [-0.25, -0.2) is 9.37 Å². The average molecular weight is 289 g/mol. The Morgan fingerprint density at radius 1 is 1.24 bits per heavy atom. The Balaban J connectivity index is 2.19. The van der Waals surface area contributed by atoms with Crippen LogP contribution < -0.4 is 15.4 Å². The second kappa shape index (κ2) is 7.59. The quantitative estimate of drug-likeness (QED) is 0.851. The lowest BCUT2D eigenvalue weighted by Gasteiger charge is -2.24. The first-order valence-electron chi connectivity index (χ1n) is 6.93. The van der Waals surface area contributed by atoms with E-state index in [2.05, 4.69) is 9.88 Å². The molecule has 1 aromatic heterocycles. The second-order valence-corrected chi connectivity index (χ2v) is 4.71. The predicted octanol–water partition coefficient (Wildman–Crippen LogP) is 2.58. The smallest absolute Gasteiger partial charge is 0.213 e. The first kappa shape index (κ1) is 15.3. The Hall–Kier alpha value is -2.14. The van der Waals surface area contributed by atoms with Crippen molar-refractivity contribution in [2.24, 2.45) is 5.73 Å². The molecule has 0 saturated carbocycles. The lowest BCUT2D eigenvalue weighted by Crippen LogP contribution is -2.26. The van der Waals surface area contributed by atoms with Crippen LogP contribution in [0.2, 0.25) is 0 Å². The minimum Gasteiger partial charge on any atom is -0.481 e. The number of nitrogens with two attached hydrogens (primary N) is 1. The summed E-state index contributed by atoms with van der Waals surface area (Å²) in [6, 6.07) is 12.2. The molecule has 0 atom stereocenters. The fourth-order valence-corrected chi connectivity index (χ4v) is 2.11. The van der Waals surface area contributed by atoms with Gasteiger partial charge in [-0.1, -0.05) is 12.1 Å². The highest BCUT2D eigenvalue weighted by atomic mass is 19.1. The number of aromatic nitrogens is 1. The summed E-state index contributed by atoms with van der Waals surface area (Å²) in [5.41, 5.74) is 7.29. The molecule has 0 unspecified atom stereocenters. The normalized spacial score (nSPS) is 10.4. The Bertz CT molecular complexity index is 577. The molecule has 2 N–H and O–H groups in total. The maximum absolute atomic E-state index is 13.4. The van der Waals surface area contributed by atoms with Crippen molar-refractivity contribution >= 4 is 5.69 Å². The summed E-state index contributed by atoms with van der Waals surface area (Å²) in [6.45, 7) is 1.93. The maximum atomic E-state index is 13.4. The molecule has 0 amide bonds. The van der Waals surface area contributed by atoms with Crippen molar-refractivity contribution in [3.8, 4) is 5.88 Å². The zero-order valence-electron chi connectivity index (χ0n) is 12.1. The summed E-state index contributed by atoms with van der Waals surface area (Å²) < 4.78 is 18.6. The van der Waals surface area contributed by atoms with E-state index in [0.717, 1.165) is 24.3 Å². The SMILES string of the molecule is COc1cccc(CN(CCCN)c2cccc(F)c2)n1. The molecule has 1 heterocycles.